The molecule has 0 bridgehead atoms. The second-order valence-electron chi connectivity index (χ2n) is 8.50. The number of aliphatic hydroxyl groups excluding tert-OH is 3. The van der Waals surface area contributed by atoms with E-state index < -0.39 is 55.5 Å². The first-order chi connectivity index (χ1) is 15.3. The van der Waals surface area contributed by atoms with Crippen molar-refractivity contribution in [3.05, 3.63) is 23.8 Å². The van der Waals surface area contributed by atoms with Crippen LogP contribution in [0.2, 0.25) is 0 Å². The number of carboxylic acid groups (broad SMARTS) is 1. The molecular formula is C23H36O7. The summed E-state index contributed by atoms with van der Waals surface area (Å²) in [4.78, 5) is 23.4. The van der Waals surface area contributed by atoms with Crippen LogP contribution in [0.4, 0.5) is 0 Å². The maximum atomic E-state index is 12.7. The largest absolute Gasteiger partial charge is 0.481 e. The van der Waals surface area contributed by atoms with Gasteiger partial charge in [-0.2, -0.15) is 0 Å². The molecule has 2 aliphatic rings. The van der Waals surface area contributed by atoms with E-state index in [0.29, 0.717) is 12.8 Å². The van der Waals surface area contributed by atoms with Gasteiger partial charge >= 0.3 is 11.9 Å². The summed E-state index contributed by atoms with van der Waals surface area (Å²) in [5, 5.41) is 39.4. The smallest absolute Gasteiger partial charge is 0.308 e. The molecule has 0 aromatic heterocycles. The lowest BCUT2D eigenvalue weighted by Crippen LogP contribution is -2.44. The van der Waals surface area contributed by atoms with E-state index in [0.717, 1.165) is 5.57 Å². The molecule has 1 unspecified atom stereocenters. The van der Waals surface area contributed by atoms with Crippen LogP contribution >= 0.6 is 0 Å². The van der Waals surface area contributed by atoms with Crippen molar-refractivity contribution in [3.8, 4) is 0 Å². The van der Waals surface area contributed by atoms with Crippen LogP contribution in [0.5, 0.6) is 0 Å². The van der Waals surface area contributed by atoms with Crippen LogP contribution in [0, 0.1) is 23.7 Å². The summed E-state index contributed by atoms with van der Waals surface area (Å²) in [7, 11) is 0. The van der Waals surface area contributed by atoms with E-state index in [9.17, 15) is 24.9 Å². The van der Waals surface area contributed by atoms with Gasteiger partial charge in [-0.15, -0.1) is 0 Å². The highest BCUT2D eigenvalue weighted by Gasteiger charge is 2.43. The van der Waals surface area contributed by atoms with Gasteiger partial charge in [-0.25, -0.2) is 0 Å². The second kappa shape index (κ2) is 11.1. The predicted molar refractivity (Wildman–Crippen MR) is 111 cm³/mol. The van der Waals surface area contributed by atoms with Gasteiger partial charge in [0.25, 0.3) is 0 Å². The van der Waals surface area contributed by atoms with E-state index in [1.807, 2.05) is 19.1 Å². The van der Waals surface area contributed by atoms with Crippen LogP contribution in [0.1, 0.15) is 63.3 Å². The van der Waals surface area contributed by atoms with Crippen LogP contribution in [0.15, 0.2) is 23.8 Å². The van der Waals surface area contributed by atoms with E-state index in [2.05, 4.69) is 0 Å². The number of carbonyl (C=O) groups excluding carboxylic acids is 1. The fourth-order valence-electron chi connectivity index (χ4n) is 4.49. The molecule has 0 amide bonds. The van der Waals surface area contributed by atoms with Crippen molar-refractivity contribution in [2.75, 3.05) is 0 Å². The van der Waals surface area contributed by atoms with Gasteiger partial charge in [-0.1, -0.05) is 38.9 Å². The molecule has 0 aliphatic heterocycles. The Morgan fingerprint density at radius 2 is 2.07 bits per heavy atom. The number of allylic oxidation sites excluding steroid dienone is 1. The predicted octanol–water partition coefficient (Wildman–Crippen LogP) is 2.44. The van der Waals surface area contributed by atoms with Crippen molar-refractivity contribution in [2.45, 2.75) is 83.6 Å². The third kappa shape index (κ3) is 6.40. The number of aliphatic hydroxyl groups is 3. The van der Waals surface area contributed by atoms with E-state index in [4.69, 9.17) is 14.0 Å². The average Bonchev–Trinajstić information content (AvgIpc) is 2.67. The van der Waals surface area contributed by atoms with Gasteiger partial charge in [0.05, 0.1) is 30.7 Å². The van der Waals surface area contributed by atoms with Crippen LogP contribution in [0.3, 0.4) is 0 Å². The number of carboxylic acids is 1. The number of aliphatic carboxylic acids is 1. The fourth-order valence-corrected chi connectivity index (χ4v) is 4.49. The molecule has 0 aromatic rings. The Hall–Kier alpha value is -1.70. The lowest BCUT2D eigenvalue weighted by atomic mass is 9.65. The normalized spacial score (nSPS) is 33.2. The van der Waals surface area contributed by atoms with Crippen LogP contribution < -0.4 is 0 Å². The van der Waals surface area contributed by atoms with Gasteiger partial charge < -0.3 is 25.2 Å². The molecule has 0 saturated heterocycles. The molecule has 0 aromatic carbocycles. The lowest BCUT2D eigenvalue weighted by Gasteiger charge is -2.44. The summed E-state index contributed by atoms with van der Waals surface area (Å²) >= 11 is 0. The van der Waals surface area contributed by atoms with Crippen molar-refractivity contribution in [1.82, 2.24) is 0 Å². The molecule has 170 valence electrons. The highest BCUT2D eigenvalue weighted by atomic mass is 16.5. The zero-order valence-corrected chi connectivity index (χ0v) is 17.6. The zero-order valence-electron chi connectivity index (χ0n) is 20.6. The summed E-state index contributed by atoms with van der Waals surface area (Å²) < 4.78 is 28.6. The topological polar surface area (TPSA) is 124 Å². The highest BCUT2D eigenvalue weighted by Crippen LogP contribution is 2.44. The number of carbonyl (C=O) groups is 2. The summed E-state index contributed by atoms with van der Waals surface area (Å²) in [5.74, 6) is -3.74. The molecular weight excluding hydrogens is 388 g/mol. The van der Waals surface area contributed by atoms with Crippen molar-refractivity contribution in [3.63, 3.8) is 0 Å². The fraction of sp³-hybridized carbons (Fsp3) is 0.739. The minimum atomic E-state index is -2.45. The maximum absolute atomic E-state index is 12.7. The number of ether oxygens (including phenoxy) is 1. The van der Waals surface area contributed by atoms with E-state index in [1.54, 1.807) is 13.0 Å². The molecule has 2 rings (SSSR count). The molecule has 2 aliphatic carbocycles. The molecule has 0 heterocycles. The zero-order chi connectivity index (χ0) is 24.9. The summed E-state index contributed by atoms with van der Waals surface area (Å²) in [6, 6.07) is 0. The maximum Gasteiger partial charge on any atom is 0.308 e. The Labute approximate surface area is 182 Å². The Morgan fingerprint density at radius 3 is 2.70 bits per heavy atom. The quantitative estimate of drug-likeness (QED) is 0.395. The van der Waals surface area contributed by atoms with Gasteiger partial charge in [-0.3, -0.25) is 9.59 Å². The molecule has 0 radical (unpaired) electrons. The van der Waals surface area contributed by atoms with Crippen LogP contribution in [-0.2, 0) is 14.3 Å². The Morgan fingerprint density at radius 1 is 1.33 bits per heavy atom. The summed E-state index contributed by atoms with van der Waals surface area (Å²) in [6.07, 6.45) is 2.85. The van der Waals surface area contributed by atoms with Crippen molar-refractivity contribution in [1.29, 1.82) is 0 Å². The highest BCUT2D eigenvalue weighted by molar-refractivity contribution is 5.72. The molecule has 0 spiro atoms. The van der Waals surface area contributed by atoms with Crippen molar-refractivity contribution < 1.29 is 38.9 Å². The number of fused-ring (bicyclic) bond motifs is 1. The Bertz CT molecular complexity index is 749. The number of rotatable bonds is 10. The van der Waals surface area contributed by atoms with E-state index in [-0.39, 0.29) is 37.0 Å². The molecule has 30 heavy (non-hydrogen) atoms. The molecule has 4 N–H and O–H groups in total. The third-order valence-corrected chi connectivity index (χ3v) is 6.25. The molecule has 7 nitrogen and oxygen atoms in total. The average molecular weight is 428 g/mol. The van der Waals surface area contributed by atoms with Crippen molar-refractivity contribution in [2.24, 2.45) is 23.7 Å². The Balaban J connectivity index is 2.15. The summed E-state index contributed by atoms with van der Waals surface area (Å²) in [6.45, 7) is 1.06. The Kier molecular flexibility index (Phi) is 7.46. The number of hydrogen-bond acceptors (Lipinski definition) is 6. The van der Waals surface area contributed by atoms with E-state index >= 15 is 0 Å². The van der Waals surface area contributed by atoms with Crippen LogP contribution in [0.25, 0.3) is 0 Å². The van der Waals surface area contributed by atoms with Crippen molar-refractivity contribution >= 4 is 11.9 Å². The van der Waals surface area contributed by atoms with Gasteiger partial charge in [0.15, 0.2) is 0 Å². The minimum Gasteiger partial charge on any atom is -0.481 e. The molecule has 0 fully saturated rings. The first-order valence-corrected chi connectivity index (χ1v) is 10.7. The van der Waals surface area contributed by atoms with Gasteiger partial charge in [0.1, 0.15) is 6.10 Å². The molecule has 8 atom stereocenters. The molecule has 0 saturated carbocycles. The summed E-state index contributed by atoms with van der Waals surface area (Å²) in [5.41, 5.74) is 0.817. The number of hydrogen-bond donors (Lipinski definition) is 4. The van der Waals surface area contributed by atoms with E-state index in [1.165, 1.54) is 0 Å². The van der Waals surface area contributed by atoms with Crippen LogP contribution in [-0.4, -0.2) is 56.8 Å². The van der Waals surface area contributed by atoms with Gasteiger partial charge in [-0.05, 0) is 43.1 Å². The standard InChI is InChI=1S/C23H36O7/c1-4-13(2)23(29)30-20-7-5-6-15-10-19(26)14(3)18(22(15)20)9-8-16(24)11-17(25)12-21(27)28/h5-6,10,13-14,16-20,22,24-26H,4,7-9,11-12H2,1-3H3,(H,27,28)/t13?,14-,16-,17-,18+,19-,20+,22+/m1/s1/i2D3. The monoisotopic (exact) mass is 427 g/mol. The molecule has 7 heteroatoms. The van der Waals surface area contributed by atoms with Gasteiger partial charge in [0, 0.05) is 16.5 Å². The third-order valence-electron chi connectivity index (χ3n) is 6.25. The first-order valence-electron chi connectivity index (χ1n) is 12.2. The lowest BCUT2D eigenvalue weighted by molar-refractivity contribution is -0.157. The number of esters is 1. The SMILES string of the molecule is [2H]C([2H])([2H])C(CC)C(=O)O[C@H]1CC=CC2=C[C@@H](O)[C@H](C)[C@H](CC[C@@H](O)C[C@@H](O)CC(=O)O)[C@H]21. The minimum absolute atomic E-state index is 0.0710. The first kappa shape index (κ1) is 20.2. The second-order valence-corrected chi connectivity index (χ2v) is 8.50. The van der Waals surface area contributed by atoms with Gasteiger partial charge in [0.2, 0.25) is 0 Å².